The Balaban J connectivity index is 1.37. The fraction of sp³-hybridized carbons (Fsp3) is 0.667. The summed E-state index contributed by atoms with van der Waals surface area (Å²) in [6.45, 7) is 19.2. The van der Waals surface area contributed by atoms with Crippen molar-refractivity contribution >= 4 is 8.56 Å². The Morgan fingerprint density at radius 2 is 1.35 bits per heavy atom. The second-order valence-electron chi connectivity index (χ2n) is 18.9. The molecule has 0 aromatic heterocycles. The monoisotopic (exact) mass is 768 g/mol. The number of allylic oxidation sites excluding steroid dienone is 1. The highest BCUT2D eigenvalue weighted by Crippen LogP contribution is 2.65. The van der Waals surface area contributed by atoms with Crippen molar-refractivity contribution < 1.29 is 27.8 Å². The van der Waals surface area contributed by atoms with Gasteiger partial charge in [0.15, 0.2) is 5.79 Å². The largest absolute Gasteiger partial charge is 0.387 e. The molecule has 6 fully saturated rings. The number of ether oxygens (including phenoxy) is 4. The Kier molecular flexibility index (Phi) is 11.7. The van der Waals surface area contributed by atoms with E-state index in [1.165, 1.54) is 75.3 Å². The maximum atomic E-state index is 8.50. The maximum Gasteiger partial charge on any atom is 0.345 e. The molecule has 8 atom stereocenters. The van der Waals surface area contributed by atoms with Crippen molar-refractivity contribution in [3.63, 3.8) is 0 Å². The smallest absolute Gasteiger partial charge is 0.345 e. The van der Waals surface area contributed by atoms with Gasteiger partial charge in [-0.3, -0.25) is 0 Å². The number of benzene rings is 2. The molecule has 300 valence electrons. The molecule has 55 heavy (non-hydrogen) atoms. The SMILES string of the molecule is C=CCC[C@@]12O[Si](C3CCCCC3)(C3CCCCC3)O[C@@H]([C@@H](OCc3ccccc3)[C@H]3OC(C)(C)O[C@H]4CCC(=C)[C@H]([C@H]34)[C@@H]1OCc1ccccc1)C2(C)C. The first kappa shape index (κ1) is 39.7. The molecule has 2 aromatic carbocycles. The van der Waals surface area contributed by atoms with Crippen LogP contribution < -0.4 is 0 Å². The zero-order valence-corrected chi connectivity index (χ0v) is 35.2. The Morgan fingerprint density at radius 1 is 0.764 bits per heavy atom. The molecule has 2 aromatic rings. The van der Waals surface area contributed by atoms with E-state index in [-0.39, 0.29) is 42.4 Å². The molecular weight excluding hydrogens is 701 g/mol. The molecule has 0 N–H and O–H groups in total. The van der Waals surface area contributed by atoms with E-state index >= 15 is 0 Å². The molecule has 7 heteroatoms. The Hall–Kier alpha value is -2.10. The van der Waals surface area contributed by atoms with Crippen molar-refractivity contribution in [1.29, 1.82) is 0 Å². The van der Waals surface area contributed by atoms with E-state index in [1.807, 2.05) is 0 Å². The van der Waals surface area contributed by atoms with E-state index in [0.717, 1.165) is 31.2 Å². The summed E-state index contributed by atoms with van der Waals surface area (Å²) in [5, 5.41) is 0. The molecule has 0 amide bonds. The minimum Gasteiger partial charge on any atom is -0.387 e. The molecule has 2 heterocycles. The second-order valence-corrected chi connectivity index (χ2v) is 22.4. The molecule has 6 aliphatic rings. The third-order valence-corrected chi connectivity index (χ3v) is 19.5. The molecular formula is C48H68O6Si. The summed E-state index contributed by atoms with van der Waals surface area (Å²) in [5.41, 5.74) is 3.20. The summed E-state index contributed by atoms with van der Waals surface area (Å²) in [5.74, 6) is -0.873. The lowest BCUT2D eigenvalue weighted by Gasteiger charge is -2.69. The molecule has 4 saturated carbocycles. The third kappa shape index (κ3) is 7.43. The van der Waals surface area contributed by atoms with Crippen LogP contribution in [0, 0.1) is 17.3 Å². The summed E-state index contributed by atoms with van der Waals surface area (Å²) < 4.78 is 46.0. The van der Waals surface area contributed by atoms with E-state index in [9.17, 15) is 0 Å². The Bertz CT molecular complexity index is 1580. The molecule has 4 aliphatic carbocycles. The topological polar surface area (TPSA) is 55.4 Å². The third-order valence-electron chi connectivity index (χ3n) is 14.8. The van der Waals surface area contributed by atoms with E-state index in [2.05, 4.69) is 101 Å². The first-order chi connectivity index (χ1) is 26.6. The lowest BCUT2D eigenvalue weighted by atomic mass is 9.54. The number of hydrogen-bond acceptors (Lipinski definition) is 6. The van der Waals surface area contributed by atoms with Crippen molar-refractivity contribution in [1.82, 2.24) is 0 Å². The van der Waals surface area contributed by atoms with E-state index in [1.54, 1.807) is 0 Å². The summed E-state index contributed by atoms with van der Waals surface area (Å²) in [6.07, 6.45) is 16.6. The van der Waals surface area contributed by atoms with Gasteiger partial charge in [-0.15, -0.1) is 6.58 Å². The van der Waals surface area contributed by atoms with E-state index < -0.39 is 25.4 Å². The van der Waals surface area contributed by atoms with Crippen LogP contribution in [-0.4, -0.2) is 50.5 Å². The van der Waals surface area contributed by atoms with Crippen LogP contribution in [0.15, 0.2) is 85.5 Å². The standard InChI is InChI=1S/C48H68O6Si/c1-7-8-31-48-44(50-33-36-23-15-10-16-24-36)40-34(2)29-30-39-41(40)42(52-47(5,6)51-39)43(49-32-35-21-13-9-14-22-35)45(46(48,3)4)53-55(54-48,37-25-17-11-18-26-37)38-27-19-12-20-28-38/h7,9-10,13-16,21-24,37-45H,1-2,8,11-12,17-20,25-33H2,3-6H3/t39-,40+,41+,42-,43-,44-,45-,48+/m0/s1. The molecule has 2 saturated heterocycles. The highest BCUT2D eigenvalue weighted by Gasteiger charge is 2.74. The van der Waals surface area contributed by atoms with Gasteiger partial charge in [0.05, 0.1) is 43.2 Å². The highest BCUT2D eigenvalue weighted by atomic mass is 28.4. The van der Waals surface area contributed by atoms with Gasteiger partial charge in [-0.2, -0.15) is 0 Å². The first-order valence-electron chi connectivity index (χ1n) is 21.9. The predicted octanol–water partition coefficient (Wildman–Crippen LogP) is 11.5. The van der Waals surface area contributed by atoms with Crippen molar-refractivity contribution in [3.8, 4) is 0 Å². The van der Waals surface area contributed by atoms with Crippen molar-refractivity contribution in [2.45, 2.75) is 184 Å². The zero-order chi connectivity index (χ0) is 38.3. The number of fused-ring (bicyclic) bond motifs is 2. The van der Waals surface area contributed by atoms with Gasteiger partial charge in [0, 0.05) is 28.3 Å². The van der Waals surface area contributed by atoms with Crippen molar-refractivity contribution in [2.24, 2.45) is 17.3 Å². The molecule has 2 bridgehead atoms. The van der Waals surface area contributed by atoms with E-state index in [4.69, 9.17) is 34.4 Å². The average Bonchev–Trinajstić information content (AvgIpc) is 3.20. The summed E-state index contributed by atoms with van der Waals surface area (Å²) in [7, 11) is -3.01. The number of hydrogen-bond donors (Lipinski definition) is 0. The molecule has 0 radical (unpaired) electrons. The summed E-state index contributed by atoms with van der Waals surface area (Å²) >= 11 is 0. The molecule has 2 aliphatic heterocycles. The predicted molar refractivity (Wildman–Crippen MR) is 221 cm³/mol. The fourth-order valence-corrected chi connectivity index (χ4v) is 17.9. The van der Waals surface area contributed by atoms with Crippen LogP contribution in [0.3, 0.4) is 0 Å². The van der Waals surface area contributed by atoms with Crippen molar-refractivity contribution in [3.05, 3.63) is 96.6 Å². The van der Waals surface area contributed by atoms with Crippen LogP contribution in [0.1, 0.15) is 129 Å². The molecule has 0 spiro atoms. The van der Waals surface area contributed by atoms with Crippen molar-refractivity contribution in [2.75, 3.05) is 0 Å². The minimum atomic E-state index is -3.01. The molecule has 6 nitrogen and oxygen atoms in total. The Labute approximate surface area is 333 Å². The Morgan fingerprint density at radius 3 is 1.93 bits per heavy atom. The average molecular weight is 769 g/mol. The fourth-order valence-electron chi connectivity index (χ4n) is 12.1. The van der Waals surface area contributed by atoms with Crippen LogP contribution in [-0.2, 0) is 41.0 Å². The van der Waals surface area contributed by atoms with Gasteiger partial charge >= 0.3 is 8.56 Å². The number of rotatable bonds is 11. The van der Waals surface area contributed by atoms with Gasteiger partial charge < -0.3 is 27.8 Å². The van der Waals surface area contributed by atoms with Crippen LogP contribution in [0.4, 0.5) is 0 Å². The zero-order valence-electron chi connectivity index (χ0n) is 34.2. The van der Waals surface area contributed by atoms with Crippen LogP contribution in [0.25, 0.3) is 0 Å². The van der Waals surface area contributed by atoms with Gasteiger partial charge in [0.2, 0.25) is 0 Å². The molecule has 8 rings (SSSR count). The minimum absolute atomic E-state index is 0.0352. The second kappa shape index (κ2) is 16.3. The lowest BCUT2D eigenvalue weighted by molar-refractivity contribution is -0.376. The summed E-state index contributed by atoms with van der Waals surface area (Å²) in [4.78, 5) is 0. The van der Waals surface area contributed by atoms with Crippen LogP contribution in [0.5, 0.6) is 0 Å². The van der Waals surface area contributed by atoms with Gasteiger partial charge in [-0.1, -0.05) is 131 Å². The highest BCUT2D eigenvalue weighted by molar-refractivity contribution is 6.71. The lowest BCUT2D eigenvalue weighted by Crippen LogP contribution is -2.80. The quantitative estimate of drug-likeness (QED) is 0.168. The normalized spacial score (nSPS) is 35.9. The van der Waals surface area contributed by atoms with Crippen LogP contribution in [0.2, 0.25) is 11.1 Å². The molecule has 0 unspecified atom stereocenters. The van der Waals surface area contributed by atoms with Gasteiger partial charge in [0.1, 0.15) is 6.10 Å². The van der Waals surface area contributed by atoms with Crippen LogP contribution >= 0.6 is 0 Å². The maximum absolute atomic E-state index is 8.50. The summed E-state index contributed by atoms with van der Waals surface area (Å²) in [6, 6.07) is 21.3. The van der Waals surface area contributed by atoms with Gasteiger partial charge in [-0.05, 0) is 76.3 Å². The van der Waals surface area contributed by atoms with Gasteiger partial charge in [-0.25, -0.2) is 0 Å². The first-order valence-corrected chi connectivity index (χ1v) is 23.9. The van der Waals surface area contributed by atoms with E-state index in [0.29, 0.717) is 24.3 Å². The van der Waals surface area contributed by atoms with Gasteiger partial charge in [0.25, 0.3) is 0 Å².